The molecule has 3 rings (SSSR count). The van der Waals surface area contributed by atoms with Gasteiger partial charge in [0.05, 0.1) is 26.4 Å². The Morgan fingerprint density at radius 2 is 2.00 bits per heavy atom. The summed E-state index contributed by atoms with van der Waals surface area (Å²) in [4.78, 5) is 27.0. The molecule has 8 nitrogen and oxygen atoms in total. The van der Waals surface area contributed by atoms with Gasteiger partial charge in [-0.25, -0.2) is 9.97 Å². The molecule has 1 amide bonds. The number of carbonyl (C=O) groups is 1. The number of carbonyl (C=O) groups excluding carboxylic acids is 1. The highest BCUT2D eigenvalue weighted by Gasteiger charge is 2.31. The molecule has 0 bridgehead atoms. The van der Waals surface area contributed by atoms with Crippen LogP contribution in [0.4, 0.5) is 11.6 Å². The van der Waals surface area contributed by atoms with Gasteiger partial charge in [0.2, 0.25) is 0 Å². The van der Waals surface area contributed by atoms with E-state index in [4.69, 9.17) is 9.47 Å². The van der Waals surface area contributed by atoms with Crippen molar-refractivity contribution in [2.24, 2.45) is 0 Å². The molecule has 2 aliphatic rings. The van der Waals surface area contributed by atoms with Crippen molar-refractivity contribution in [3.05, 3.63) is 12.4 Å². The van der Waals surface area contributed by atoms with Gasteiger partial charge in [-0.15, -0.1) is 0 Å². The Bertz CT molecular complexity index is 548. The fourth-order valence-corrected chi connectivity index (χ4v) is 2.75. The Balaban J connectivity index is 1.68. The number of morpholine rings is 2. The van der Waals surface area contributed by atoms with E-state index in [0.29, 0.717) is 39.5 Å². The molecule has 2 saturated heterocycles. The molecule has 0 aliphatic carbocycles. The third kappa shape index (κ3) is 3.70. The van der Waals surface area contributed by atoms with Crippen molar-refractivity contribution in [3.63, 3.8) is 0 Å². The lowest BCUT2D eigenvalue weighted by Gasteiger charge is -2.36. The van der Waals surface area contributed by atoms with Crippen molar-refractivity contribution < 1.29 is 14.3 Å². The van der Waals surface area contributed by atoms with Crippen LogP contribution >= 0.6 is 0 Å². The van der Waals surface area contributed by atoms with Gasteiger partial charge in [0.25, 0.3) is 5.91 Å². The third-order valence-corrected chi connectivity index (χ3v) is 4.09. The number of rotatable bonds is 3. The summed E-state index contributed by atoms with van der Waals surface area (Å²) in [6, 6.07) is 1.93. The summed E-state index contributed by atoms with van der Waals surface area (Å²) in [6.45, 7) is 4.22. The second-order valence-electron chi connectivity index (χ2n) is 5.87. The average molecular weight is 321 g/mol. The molecule has 0 spiro atoms. The maximum absolute atomic E-state index is 12.6. The van der Waals surface area contributed by atoms with Gasteiger partial charge in [-0.1, -0.05) is 0 Å². The van der Waals surface area contributed by atoms with Crippen LogP contribution in [-0.2, 0) is 14.3 Å². The minimum Gasteiger partial charge on any atom is -0.378 e. The highest BCUT2D eigenvalue weighted by atomic mass is 16.5. The van der Waals surface area contributed by atoms with Crippen molar-refractivity contribution in [1.82, 2.24) is 14.9 Å². The quantitative estimate of drug-likeness (QED) is 0.750. The van der Waals surface area contributed by atoms with Crippen LogP contribution in [0.2, 0.25) is 0 Å². The van der Waals surface area contributed by atoms with Crippen LogP contribution < -0.4 is 9.80 Å². The minimum atomic E-state index is -0.445. The third-order valence-electron chi connectivity index (χ3n) is 4.09. The lowest BCUT2D eigenvalue weighted by Crippen LogP contribution is -2.53. The number of ether oxygens (including phenoxy) is 2. The summed E-state index contributed by atoms with van der Waals surface area (Å²) in [5, 5.41) is 0. The van der Waals surface area contributed by atoms with Crippen LogP contribution in [0.25, 0.3) is 0 Å². The van der Waals surface area contributed by atoms with Crippen LogP contribution in [0.5, 0.6) is 0 Å². The number of nitrogens with zero attached hydrogens (tertiary/aromatic N) is 5. The highest BCUT2D eigenvalue weighted by molar-refractivity contribution is 5.82. The van der Waals surface area contributed by atoms with Gasteiger partial charge < -0.3 is 24.2 Å². The number of hydrogen-bond donors (Lipinski definition) is 0. The molecule has 2 fully saturated rings. The van der Waals surface area contributed by atoms with E-state index >= 15 is 0 Å². The standard InChI is InChI=1S/C15H23N5O3/c1-18(2)13-9-14(17-11-16-13)20-5-8-23-12(10-20)15(21)19-3-6-22-7-4-19/h9,11-12H,3-8,10H2,1-2H3. The van der Waals surface area contributed by atoms with Gasteiger partial charge in [-0.05, 0) is 0 Å². The fourth-order valence-electron chi connectivity index (χ4n) is 2.75. The Kier molecular flexibility index (Phi) is 4.92. The first-order valence-corrected chi connectivity index (χ1v) is 7.87. The molecule has 0 aromatic carbocycles. The van der Waals surface area contributed by atoms with Crippen LogP contribution in [0, 0.1) is 0 Å². The van der Waals surface area contributed by atoms with Gasteiger partial charge in [-0.3, -0.25) is 4.79 Å². The molecule has 8 heteroatoms. The Hall–Kier alpha value is -1.93. The topological polar surface area (TPSA) is 71.0 Å². The van der Waals surface area contributed by atoms with Crippen molar-refractivity contribution >= 4 is 17.5 Å². The largest absolute Gasteiger partial charge is 0.378 e. The molecule has 0 saturated carbocycles. The predicted octanol–water partition coefficient (Wildman–Crippen LogP) is -0.393. The van der Waals surface area contributed by atoms with Gasteiger partial charge in [0.15, 0.2) is 6.10 Å². The zero-order chi connectivity index (χ0) is 16.2. The molecular weight excluding hydrogens is 298 g/mol. The number of anilines is 2. The number of hydrogen-bond acceptors (Lipinski definition) is 7. The normalized spacial score (nSPS) is 22.1. The maximum Gasteiger partial charge on any atom is 0.253 e. The van der Waals surface area contributed by atoms with Gasteiger partial charge in [0, 0.05) is 39.8 Å². The Labute approximate surface area is 136 Å². The molecule has 0 N–H and O–H groups in total. The lowest BCUT2D eigenvalue weighted by atomic mass is 10.2. The highest BCUT2D eigenvalue weighted by Crippen LogP contribution is 2.19. The van der Waals surface area contributed by atoms with E-state index < -0.39 is 6.10 Å². The van der Waals surface area contributed by atoms with Crippen LogP contribution in [0.3, 0.4) is 0 Å². The SMILES string of the molecule is CN(C)c1cc(N2CCOC(C(=O)N3CCOCC3)C2)ncn1. The zero-order valence-corrected chi connectivity index (χ0v) is 13.6. The molecule has 1 atom stereocenters. The van der Waals surface area contributed by atoms with E-state index in [0.717, 1.165) is 18.2 Å². The average Bonchev–Trinajstić information content (AvgIpc) is 2.62. The van der Waals surface area contributed by atoms with Gasteiger partial charge in [-0.2, -0.15) is 0 Å². The fraction of sp³-hybridized carbons (Fsp3) is 0.667. The van der Waals surface area contributed by atoms with E-state index in [9.17, 15) is 4.79 Å². The van der Waals surface area contributed by atoms with Gasteiger partial charge >= 0.3 is 0 Å². The van der Waals surface area contributed by atoms with E-state index in [-0.39, 0.29) is 5.91 Å². The van der Waals surface area contributed by atoms with E-state index in [1.165, 1.54) is 0 Å². The predicted molar refractivity (Wildman–Crippen MR) is 85.7 cm³/mol. The summed E-state index contributed by atoms with van der Waals surface area (Å²) in [5.74, 6) is 1.71. The van der Waals surface area contributed by atoms with Gasteiger partial charge in [0.1, 0.15) is 18.0 Å². The molecule has 1 aromatic rings. The molecular formula is C15H23N5O3. The molecule has 23 heavy (non-hydrogen) atoms. The summed E-state index contributed by atoms with van der Waals surface area (Å²) < 4.78 is 11.0. The van der Waals surface area contributed by atoms with Crippen LogP contribution in [-0.4, -0.2) is 87.0 Å². The summed E-state index contributed by atoms with van der Waals surface area (Å²) in [6.07, 6.45) is 1.11. The van der Waals surface area contributed by atoms with Crippen molar-refractivity contribution in [2.75, 3.05) is 69.9 Å². The molecule has 0 radical (unpaired) electrons. The summed E-state index contributed by atoms with van der Waals surface area (Å²) >= 11 is 0. The minimum absolute atomic E-state index is 0.0416. The maximum atomic E-state index is 12.6. The molecule has 3 heterocycles. The summed E-state index contributed by atoms with van der Waals surface area (Å²) in [5.41, 5.74) is 0. The second kappa shape index (κ2) is 7.10. The van der Waals surface area contributed by atoms with E-state index in [2.05, 4.69) is 14.9 Å². The number of amides is 1. The van der Waals surface area contributed by atoms with Crippen molar-refractivity contribution in [2.45, 2.75) is 6.10 Å². The molecule has 126 valence electrons. The molecule has 1 aromatic heterocycles. The van der Waals surface area contributed by atoms with Crippen LogP contribution in [0.15, 0.2) is 12.4 Å². The van der Waals surface area contributed by atoms with Crippen LogP contribution in [0.1, 0.15) is 0 Å². The molecule has 2 aliphatic heterocycles. The second-order valence-corrected chi connectivity index (χ2v) is 5.87. The monoisotopic (exact) mass is 321 g/mol. The lowest BCUT2D eigenvalue weighted by molar-refractivity contribution is -0.148. The van der Waals surface area contributed by atoms with Crippen molar-refractivity contribution in [1.29, 1.82) is 0 Å². The number of aromatic nitrogens is 2. The molecule has 1 unspecified atom stereocenters. The van der Waals surface area contributed by atoms with E-state index in [1.807, 2.05) is 30.0 Å². The first kappa shape index (κ1) is 15.9. The van der Waals surface area contributed by atoms with E-state index in [1.54, 1.807) is 6.33 Å². The first-order valence-electron chi connectivity index (χ1n) is 7.87. The zero-order valence-electron chi connectivity index (χ0n) is 13.6. The Morgan fingerprint density at radius 1 is 1.22 bits per heavy atom. The Morgan fingerprint density at radius 3 is 2.74 bits per heavy atom. The first-order chi connectivity index (χ1) is 11.1. The smallest absolute Gasteiger partial charge is 0.253 e. The summed E-state index contributed by atoms with van der Waals surface area (Å²) in [7, 11) is 3.88. The van der Waals surface area contributed by atoms with Crippen molar-refractivity contribution in [3.8, 4) is 0 Å².